The van der Waals surface area contributed by atoms with Gasteiger partial charge in [-0.25, -0.2) is 9.59 Å². The normalized spacial score (nSPS) is 14.5. The first kappa shape index (κ1) is 19.3. The van der Waals surface area contributed by atoms with Crippen LogP contribution in [0.5, 0.6) is 0 Å². The molecule has 1 aromatic rings. The second-order valence-electron chi connectivity index (χ2n) is 5.46. The number of anilines is 1. The third-order valence-electron chi connectivity index (χ3n) is 4.15. The molecule has 25 heavy (non-hydrogen) atoms. The number of carbonyl (C=O) groups is 2. The molecule has 0 atom stereocenters. The van der Waals surface area contributed by atoms with E-state index in [-0.39, 0.29) is 24.6 Å². The Balaban J connectivity index is 2.74. The van der Waals surface area contributed by atoms with Gasteiger partial charge in [0.15, 0.2) is 0 Å². The van der Waals surface area contributed by atoms with Crippen LogP contribution < -0.4 is 4.90 Å². The number of nitrogens with zero attached hydrogens (tertiary/aromatic N) is 1. The van der Waals surface area contributed by atoms with Gasteiger partial charge >= 0.3 is 11.9 Å². The van der Waals surface area contributed by atoms with Crippen molar-refractivity contribution in [2.24, 2.45) is 0 Å². The lowest BCUT2D eigenvalue weighted by molar-refractivity contribution is -0.140. The highest BCUT2D eigenvalue weighted by Crippen LogP contribution is 2.36. The summed E-state index contributed by atoms with van der Waals surface area (Å²) in [4.78, 5) is 26.2. The zero-order valence-electron chi connectivity index (χ0n) is 14.8. The van der Waals surface area contributed by atoms with E-state index < -0.39 is 11.9 Å². The van der Waals surface area contributed by atoms with Crippen LogP contribution in [0, 0.1) is 0 Å². The van der Waals surface area contributed by atoms with Crippen molar-refractivity contribution in [3.63, 3.8) is 0 Å². The van der Waals surface area contributed by atoms with Crippen molar-refractivity contribution in [2.45, 2.75) is 26.7 Å². The van der Waals surface area contributed by atoms with E-state index in [1.165, 1.54) is 14.2 Å². The Labute approximate surface area is 152 Å². The van der Waals surface area contributed by atoms with E-state index in [9.17, 15) is 9.59 Å². The molecule has 0 amide bonds. The fourth-order valence-corrected chi connectivity index (χ4v) is 3.22. The fraction of sp³-hybridized carbons (Fsp3) is 0.444. The summed E-state index contributed by atoms with van der Waals surface area (Å²) < 4.78 is 15.3. The lowest BCUT2D eigenvalue weighted by atomic mass is 10.00. The van der Waals surface area contributed by atoms with Gasteiger partial charge in [0.2, 0.25) is 0 Å². The van der Waals surface area contributed by atoms with Crippen LogP contribution in [0.3, 0.4) is 0 Å². The summed E-state index contributed by atoms with van der Waals surface area (Å²) in [6.45, 7) is 4.10. The summed E-state index contributed by atoms with van der Waals surface area (Å²) in [5, 5.41) is 0.601. The molecule has 0 aromatic heterocycles. The Bertz CT molecular complexity index is 714. The molecule has 6 nitrogen and oxygen atoms in total. The van der Waals surface area contributed by atoms with Crippen molar-refractivity contribution < 1.29 is 23.8 Å². The zero-order chi connectivity index (χ0) is 18.6. The molecule has 1 aromatic carbocycles. The van der Waals surface area contributed by atoms with Crippen LogP contribution in [0.1, 0.15) is 25.0 Å². The fourth-order valence-electron chi connectivity index (χ4n) is 2.94. The molecule has 1 heterocycles. The Morgan fingerprint density at radius 3 is 2.40 bits per heavy atom. The number of hydrogen-bond acceptors (Lipinski definition) is 6. The molecule has 1 aliphatic heterocycles. The monoisotopic (exact) mass is 367 g/mol. The predicted octanol–water partition coefficient (Wildman–Crippen LogP) is 2.86. The van der Waals surface area contributed by atoms with Gasteiger partial charge in [-0.2, -0.15) is 0 Å². The predicted molar refractivity (Wildman–Crippen MR) is 94.6 cm³/mol. The number of rotatable bonds is 5. The summed E-state index contributed by atoms with van der Waals surface area (Å²) >= 11 is 6.37. The van der Waals surface area contributed by atoms with E-state index >= 15 is 0 Å². The molecule has 0 unspecified atom stereocenters. The van der Waals surface area contributed by atoms with E-state index in [0.29, 0.717) is 11.4 Å². The molecule has 0 aliphatic carbocycles. The third kappa shape index (κ3) is 3.65. The van der Waals surface area contributed by atoms with Crippen LogP contribution in [0.15, 0.2) is 23.4 Å². The van der Waals surface area contributed by atoms with Crippen LogP contribution in [-0.4, -0.2) is 39.5 Å². The second-order valence-corrected chi connectivity index (χ2v) is 5.86. The number of carbonyl (C=O) groups excluding carboxylic acids is 2. The lowest BCUT2D eigenvalue weighted by Crippen LogP contribution is -2.39. The molecular weight excluding hydrogens is 346 g/mol. The minimum absolute atomic E-state index is 0.0168. The zero-order valence-corrected chi connectivity index (χ0v) is 15.6. The smallest absolute Gasteiger partial charge is 0.355 e. The van der Waals surface area contributed by atoms with E-state index in [1.807, 2.05) is 26.0 Å². The quantitative estimate of drug-likeness (QED) is 0.745. The molecule has 1 aliphatic rings. The van der Waals surface area contributed by atoms with E-state index in [0.717, 1.165) is 23.2 Å². The lowest BCUT2D eigenvalue weighted by Gasteiger charge is -2.34. The number of benzene rings is 1. The van der Waals surface area contributed by atoms with Crippen LogP contribution in [-0.2, 0) is 36.6 Å². The summed E-state index contributed by atoms with van der Waals surface area (Å²) in [5.41, 5.74) is 2.92. The number of hydrogen-bond donors (Lipinski definition) is 0. The van der Waals surface area contributed by atoms with Crippen LogP contribution in [0.4, 0.5) is 5.69 Å². The number of methoxy groups -OCH3 is 2. The van der Waals surface area contributed by atoms with E-state index in [2.05, 4.69) is 0 Å². The van der Waals surface area contributed by atoms with Crippen molar-refractivity contribution in [3.05, 3.63) is 39.6 Å². The minimum Gasteiger partial charge on any atom is -0.466 e. The molecule has 2 rings (SSSR count). The molecule has 7 heteroatoms. The second kappa shape index (κ2) is 8.36. The summed E-state index contributed by atoms with van der Waals surface area (Å²) in [6, 6.07) is 3.76. The Hall–Kier alpha value is -2.05. The number of ether oxygens (including phenoxy) is 3. The number of aryl methyl sites for hydroxylation is 1. The molecule has 0 N–H and O–H groups in total. The maximum absolute atomic E-state index is 12.4. The first-order chi connectivity index (χ1) is 12.0. The first-order valence-corrected chi connectivity index (χ1v) is 8.43. The molecule has 0 saturated carbocycles. The SMILES string of the molecule is CCc1ccc(Cl)c(CC)c1N1COCC(C(=O)OC)=C1C(=O)OC. The summed E-state index contributed by atoms with van der Waals surface area (Å²) in [7, 11) is 2.54. The van der Waals surface area contributed by atoms with Gasteiger partial charge in [-0.3, -0.25) is 0 Å². The molecule has 0 radical (unpaired) electrons. The maximum atomic E-state index is 12.4. The highest BCUT2D eigenvalue weighted by Gasteiger charge is 2.34. The molecule has 0 spiro atoms. The Morgan fingerprint density at radius 1 is 1.16 bits per heavy atom. The summed E-state index contributed by atoms with van der Waals surface area (Å²) in [5.74, 6) is -1.24. The van der Waals surface area contributed by atoms with Gasteiger partial charge in [-0.05, 0) is 30.0 Å². The Kier molecular flexibility index (Phi) is 6.45. The summed E-state index contributed by atoms with van der Waals surface area (Å²) in [6.07, 6.45) is 1.40. The molecule has 136 valence electrons. The maximum Gasteiger partial charge on any atom is 0.355 e. The first-order valence-electron chi connectivity index (χ1n) is 8.05. The van der Waals surface area contributed by atoms with E-state index in [1.54, 1.807) is 4.90 Å². The largest absolute Gasteiger partial charge is 0.466 e. The highest BCUT2D eigenvalue weighted by molar-refractivity contribution is 6.31. The van der Waals surface area contributed by atoms with Crippen molar-refractivity contribution >= 4 is 29.2 Å². The van der Waals surface area contributed by atoms with E-state index in [4.69, 9.17) is 25.8 Å². The van der Waals surface area contributed by atoms with Gasteiger partial charge in [0, 0.05) is 5.02 Å². The standard InChI is InChI=1S/C18H22ClNO5/c1-5-11-7-8-14(19)12(6-2)15(11)20-10-25-9-13(17(21)23-3)16(20)18(22)24-4/h7-8H,5-6,9-10H2,1-4H3. The molecule has 0 fully saturated rings. The minimum atomic E-state index is -0.622. The van der Waals surface area contributed by atoms with Crippen molar-refractivity contribution in [3.8, 4) is 0 Å². The molecular formula is C18H22ClNO5. The van der Waals surface area contributed by atoms with Gasteiger partial charge < -0.3 is 19.1 Å². The van der Waals surface area contributed by atoms with Gasteiger partial charge in [-0.15, -0.1) is 0 Å². The third-order valence-corrected chi connectivity index (χ3v) is 4.50. The van der Waals surface area contributed by atoms with Crippen molar-refractivity contribution in [1.82, 2.24) is 0 Å². The van der Waals surface area contributed by atoms with Gasteiger partial charge in [0.25, 0.3) is 0 Å². The Morgan fingerprint density at radius 2 is 1.84 bits per heavy atom. The number of halogens is 1. The topological polar surface area (TPSA) is 65.1 Å². The van der Waals surface area contributed by atoms with Crippen LogP contribution in [0.25, 0.3) is 0 Å². The van der Waals surface area contributed by atoms with Gasteiger partial charge in [0.05, 0.1) is 32.1 Å². The van der Waals surface area contributed by atoms with Gasteiger partial charge in [0.1, 0.15) is 12.4 Å². The van der Waals surface area contributed by atoms with Crippen molar-refractivity contribution in [1.29, 1.82) is 0 Å². The van der Waals surface area contributed by atoms with Crippen LogP contribution in [0.2, 0.25) is 5.02 Å². The molecule has 0 bridgehead atoms. The number of esters is 2. The van der Waals surface area contributed by atoms with Crippen LogP contribution >= 0.6 is 11.6 Å². The average molecular weight is 368 g/mol. The highest BCUT2D eigenvalue weighted by atomic mass is 35.5. The van der Waals surface area contributed by atoms with Crippen molar-refractivity contribution in [2.75, 3.05) is 32.5 Å². The van der Waals surface area contributed by atoms with Gasteiger partial charge in [-0.1, -0.05) is 31.5 Å². The average Bonchev–Trinajstić information content (AvgIpc) is 2.65. The molecule has 0 saturated heterocycles.